The van der Waals surface area contributed by atoms with Gasteiger partial charge in [-0.2, -0.15) is 0 Å². The summed E-state index contributed by atoms with van der Waals surface area (Å²) in [5.74, 6) is 1.80. The van der Waals surface area contributed by atoms with Gasteiger partial charge in [0.05, 0.1) is 6.61 Å². The van der Waals surface area contributed by atoms with Gasteiger partial charge in [0.2, 0.25) is 0 Å². The first-order chi connectivity index (χ1) is 15.1. The van der Waals surface area contributed by atoms with Gasteiger partial charge in [-0.1, -0.05) is 46.6 Å². The molecular formula is C26H41N3O2. The summed E-state index contributed by atoms with van der Waals surface area (Å²) in [6.45, 7) is 13.6. The van der Waals surface area contributed by atoms with Gasteiger partial charge in [-0.05, 0) is 50.2 Å². The second kappa shape index (κ2) is 18.0. The molecule has 0 bridgehead atoms. The number of aryl methyl sites for hydroxylation is 1. The number of carbonyl (C=O) groups is 1. The molecule has 0 spiro atoms. The Labute approximate surface area is 188 Å². The van der Waals surface area contributed by atoms with Crippen molar-refractivity contribution in [2.45, 2.75) is 67.3 Å². The molecule has 31 heavy (non-hydrogen) atoms. The Hall–Kier alpha value is -2.82. The van der Waals surface area contributed by atoms with Gasteiger partial charge in [0.15, 0.2) is 0 Å². The molecule has 3 rings (SSSR count). The van der Waals surface area contributed by atoms with Gasteiger partial charge in [-0.3, -0.25) is 0 Å². The number of hydrogen-bond donors (Lipinski definition) is 1. The summed E-state index contributed by atoms with van der Waals surface area (Å²) in [6.07, 6.45) is 6.30. The van der Waals surface area contributed by atoms with E-state index in [1.54, 1.807) is 0 Å². The topological polar surface area (TPSA) is 56.1 Å². The van der Waals surface area contributed by atoms with Crippen molar-refractivity contribution in [1.29, 1.82) is 0 Å². The maximum Gasteiger partial charge on any atom is 0.125 e. The number of anilines is 1. The van der Waals surface area contributed by atoms with Gasteiger partial charge in [-0.25, -0.2) is 4.98 Å². The van der Waals surface area contributed by atoms with Gasteiger partial charge in [-0.15, -0.1) is 0 Å². The molecule has 0 aliphatic rings. The first-order valence-corrected chi connectivity index (χ1v) is 11.4. The van der Waals surface area contributed by atoms with E-state index < -0.39 is 0 Å². The minimum Gasteiger partial charge on any atom is -0.493 e. The van der Waals surface area contributed by atoms with Crippen LogP contribution in [0.3, 0.4) is 0 Å². The summed E-state index contributed by atoms with van der Waals surface area (Å²) in [5.41, 5.74) is 2.28. The van der Waals surface area contributed by atoms with Crippen LogP contribution in [-0.4, -0.2) is 29.5 Å². The highest BCUT2D eigenvalue weighted by Crippen LogP contribution is 2.22. The first-order valence-electron chi connectivity index (χ1n) is 11.4. The van der Waals surface area contributed by atoms with Crippen molar-refractivity contribution in [3.8, 4) is 5.75 Å². The highest BCUT2D eigenvalue weighted by atomic mass is 16.5. The number of hydrogen-bond acceptors (Lipinski definition) is 4. The standard InChI is InChI=1S/C18H21N3O.C4H10.C2H4O.C2H6/c1-3-21-11-9-14-13-16(7-8-17(14)21)22-12-10-15-5-4-6-18(19-2)20-15;1-3-4-2;1-2-3;1-2/h4-9,11,13H,3,10,12H2,1-2H3,(H,19,20);3-4H2,1-2H3;2H,1H3;1-2H3. The number of aromatic nitrogens is 2. The van der Waals surface area contributed by atoms with E-state index in [-0.39, 0.29) is 0 Å². The van der Waals surface area contributed by atoms with Crippen LogP contribution in [0.4, 0.5) is 5.82 Å². The van der Waals surface area contributed by atoms with Crippen LogP contribution in [0.15, 0.2) is 48.7 Å². The van der Waals surface area contributed by atoms with Gasteiger partial charge >= 0.3 is 0 Å². The number of rotatable bonds is 7. The van der Waals surface area contributed by atoms with E-state index in [0.717, 1.165) is 36.5 Å². The Balaban J connectivity index is 0.000000865. The van der Waals surface area contributed by atoms with Crippen molar-refractivity contribution in [3.63, 3.8) is 0 Å². The van der Waals surface area contributed by atoms with Gasteiger partial charge < -0.3 is 19.4 Å². The molecule has 0 saturated carbocycles. The summed E-state index contributed by atoms with van der Waals surface area (Å²) >= 11 is 0. The molecule has 2 aromatic heterocycles. The summed E-state index contributed by atoms with van der Waals surface area (Å²) in [6, 6.07) is 14.4. The number of benzene rings is 1. The number of pyridine rings is 1. The lowest BCUT2D eigenvalue weighted by Crippen LogP contribution is -2.04. The van der Waals surface area contributed by atoms with Gasteiger partial charge in [0, 0.05) is 42.8 Å². The number of nitrogens with one attached hydrogen (secondary N) is 1. The first kappa shape index (κ1) is 28.2. The molecule has 0 amide bonds. The molecule has 5 nitrogen and oxygen atoms in total. The quantitative estimate of drug-likeness (QED) is 0.423. The number of unbranched alkanes of at least 4 members (excludes halogenated alkanes) is 1. The van der Waals surface area contributed by atoms with E-state index in [0.29, 0.717) is 6.61 Å². The van der Waals surface area contributed by atoms with Crippen LogP contribution in [-0.2, 0) is 17.8 Å². The molecule has 1 aromatic carbocycles. The Morgan fingerprint density at radius 1 is 1.06 bits per heavy atom. The smallest absolute Gasteiger partial charge is 0.125 e. The van der Waals surface area contributed by atoms with E-state index in [4.69, 9.17) is 9.53 Å². The van der Waals surface area contributed by atoms with E-state index in [2.05, 4.69) is 60.0 Å². The number of aldehydes is 1. The molecule has 0 radical (unpaired) electrons. The Morgan fingerprint density at radius 2 is 1.74 bits per heavy atom. The average molecular weight is 428 g/mol. The number of carbonyl (C=O) groups excluding carboxylic acids is 1. The third-order valence-corrected chi connectivity index (χ3v) is 4.27. The molecule has 0 aliphatic carbocycles. The second-order valence-electron chi connectivity index (χ2n) is 6.42. The van der Waals surface area contributed by atoms with Crippen LogP contribution in [0.1, 0.15) is 60.1 Å². The largest absolute Gasteiger partial charge is 0.493 e. The second-order valence-corrected chi connectivity index (χ2v) is 6.42. The monoisotopic (exact) mass is 427 g/mol. The van der Waals surface area contributed by atoms with Crippen LogP contribution < -0.4 is 10.1 Å². The molecule has 5 heteroatoms. The Bertz CT molecular complexity index is 842. The molecule has 1 N–H and O–H groups in total. The zero-order valence-electron chi connectivity index (χ0n) is 20.4. The highest BCUT2D eigenvalue weighted by molar-refractivity contribution is 5.81. The lowest BCUT2D eigenvalue weighted by molar-refractivity contribution is -0.106. The van der Waals surface area contributed by atoms with E-state index in [1.165, 1.54) is 30.7 Å². The molecule has 0 atom stereocenters. The lowest BCUT2D eigenvalue weighted by atomic mass is 10.2. The summed E-state index contributed by atoms with van der Waals surface area (Å²) in [7, 11) is 1.88. The SMILES string of the molecule is CC.CC=O.CCCC.CCn1ccc2cc(OCCc3cccc(NC)n3)ccc21. The fourth-order valence-electron chi connectivity index (χ4n) is 2.58. The predicted molar refractivity (Wildman–Crippen MR) is 134 cm³/mol. The van der Waals surface area contributed by atoms with Gasteiger partial charge in [0.25, 0.3) is 0 Å². The van der Waals surface area contributed by atoms with Crippen LogP contribution in [0.5, 0.6) is 5.75 Å². The van der Waals surface area contributed by atoms with Crippen LogP contribution in [0, 0.1) is 0 Å². The molecule has 0 unspecified atom stereocenters. The van der Waals surface area contributed by atoms with Crippen LogP contribution >= 0.6 is 0 Å². The Kier molecular flexibility index (Phi) is 16.4. The molecular weight excluding hydrogens is 386 g/mol. The van der Waals surface area contributed by atoms with Crippen molar-refractivity contribution in [2.75, 3.05) is 19.0 Å². The zero-order chi connectivity index (χ0) is 23.5. The van der Waals surface area contributed by atoms with E-state index in [1.807, 2.05) is 45.2 Å². The van der Waals surface area contributed by atoms with Crippen LogP contribution in [0.2, 0.25) is 0 Å². The minimum atomic E-state index is 0.625. The fraction of sp³-hybridized carbons (Fsp3) is 0.462. The molecule has 2 heterocycles. The lowest BCUT2D eigenvalue weighted by Gasteiger charge is -2.08. The minimum absolute atomic E-state index is 0.625. The molecule has 0 saturated heterocycles. The third-order valence-electron chi connectivity index (χ3n) is 4.27. The molecule has 0 aliphatic heterocycles. The summed E-state index contributed by atoms with van der Waals surface area (Å²) < 4.78 is 8.09. The van der Waals surface area contributed by atoms with Crippen molar-refractivity contribution in [3.05, 3.63) is 54.4 Å². The maximum absolute atomic E-state index is 8.81. The Morgan fingerprint density at radius 3 is 2.32 bits per heavy atom. The number of nitrogens with zero attached hydrogens (tertiary/aromatic N) is 2. The highest BCUT2D eigenvalue weighted by Gasteiger charge is 2.03. The van der Waals surface area contributed by atoms with E-state index in [9.17, 15) is 0 Å². The van der Waals surface area contributed by atoms with Crippen LogP contribution in [0.25, 0.3) is 10.9 Å². The summed E-state index contributed by atoms with van der Waals surface area (Å²) in [4.78, 5) is 13.3. The number of fused-ring (bicyclic) bond motifs is 1. The van der Waals surface area contributed by atoms with Gasteiger partial charge in [0.1, 0.15) is 17.9 Å². The zero-order valence-corrected chi connectivity index (χ0v) is 20.4. The normalized spacial score (nSPS) is 9.26. The number of ether oxygens (including phenoxy) is 1. The maximum atomic E-state index is 8.81. The fourth-order valence-corrected chi connectivity index (χ4v) is 2.58. The predicted octanol–water partition coefficient (Wildman–Crippen LogP) is 6.76. The van der Waals surface area contributed by atoms with Crippen molar-refractivity contribution < 1.29 is 9.53 Å². The molecule has 0 fully saturated rings. The third kappa shape index (κ3) is 10.7. The van der Waals surface area contributed by atoms with Crippen molar-refractivity contribution >= 4 is 23.0 Å². The molecule has 172 valence electrons. The van der Waals surface area contributed by atoms with Crippen molar-refractivity contribution in [2.24, 2.45) is 0 Å². The molecule has 3 aromatic rings. The van der Waals surface area contributed by atoms with E-state index >= 15 is 0 Å². The average Bonchev–Trinajstić information content (AvgIpc) is 3.23. The van der Waals surface area contributed by atoms with Crippen molar-refractivity contribution in [1.82, 2.24) is 9.55 Å². The summed E-state index contributed by atoms with van der Waals surface area (Å²) in [5, 5.41) is 4.27.